The molecule has 1 heterocycles. The van der Waals surface area contributed by atoms with Gasteiger partial charge in [0.1, 0.15) is 12.4 Å². The third-order valence-corrected chi connectivity index (χ3v) is 3.15. The van der Waals surface area contributed by atoms with Gasteiger partial charge in [-0.25, -0.2) is 0 Å². The van der Waals surface area contributed by atoms with E-state index in [2.05, 4.69) is 17.0 Å². The van der Waals surface area contributed by atoms with E-state index in [0.717, 1.165) is 36.8 Å². The lowest BCUT2D eigenvalue weighted by atomic mass is 10.1. The minimum atomic E-state index is 0.735. The number of nitrogens with zero attached hydrogens (tertiary/aromatic N) is 1. The summed E-state index contributed by atoms with van der Waals surface area (Å²) in [6.07, 6.45) is 0. The third-order valence-electron chi connectivity index (χ3n) is 3.15. The number of nitrogen functional groups attached to an aromatic ring is 1. The van der Waals surface area contributed by atoms with Crippen molar-refractivity contribution in [3.63, 3.8) is 0 Å². The zero-order valence-corrected chi connectivity index (χ0v) is 10.2. The van der Waals surface area contributed by atoms with Crippen molar-refractivity contribution in [1.29, 1.82) is 0 Å². The van der Waals surface area contributed by atoms with Crippen LogP contribution in [0.1, 0.15) is 5.56 Å². The molecule has 0 saturated carbocycles. The lowest BCUT2D eigenvalue weighted by molar-refractivity contribution is 0.307. The maximum atomic E-state index is 5.82. The Kier molecular flexibility index (Phi) is 2.81. The summed E-state index contributed by atoms with van der Waals surface area (Å²) in [5.41, 5.74) is 9.02. The second-order valence-electron chi connectivity index (χ2n) is 4.48. The van der Waals surface area contributed by atoms with Crippen molar-refractivity contribution in [2.75, 3.05) is 23.8 Å². The summed E-state index contributed by atoms with van der Waals surface area (Å²) in [6, 6.07) is 16.2. The zero-order valence-electron chi connectivity index (χ0n) is 10.2. The highest BCUT2D eigenvalue weighted by molar-refractivity contribution is 5.60. The number of para-hydroxylation sites is 2. The molecule has 0 fully saturated rings. The summed E-state index contributed by atoms with van der Waals surface area (Å²) in [4.78, 5) is 2.33. The number of benzene rings is 2. The molecule has 0 aliphatic carbocycles. The first-order chi connectivity index (χ1) is 8.83. The molecule has 1 aliphatic heterocycles. The van der Waals surface area contributed by atoms with E-state index in [1.54, 1.807) is 0 Å². The van der Waals surface area contributed by atoms with E-state index in [9.17, 15) is 0 Å². The first kappa shape index (κ1) is 11.0. The normalized spacial score (nSPS) is 13.9. The Morgan fingerprint density at radius 2 is 2.00 bits per heavy atom. The van der Waals surface area contributed by atoms with Crippen molar-refractivity contribution in [2.45, 2.75) is 6.54 Å². The second-order valence-corrected chi connectivity index (χ2v) is 4.48. The van der Waals surface area contributed by atoms with Gasteiger partial charge in [-0.1, -0.05) is 24.3 Å². The van der Waals surface area contributed by atoms with Crippen molar-refractivity contribution in [3.05, 3.63) is 54.1 Å². The molecular formula is C15H16N2O. The maximum Gasteiger partial charge on any atom is 0.142 e. The predicted molar refractivity (Wildman–Crippen MR) is 73.8 cm³/mol. The Hall–Kier alpha value is -2.16. The van der Waals surface area contributed by atoms with Crippen molar-refractivity contribution in [1.82, 2.24) is 0 Å². The number of fused-ring (bicyclic) bond motifs is 1. The van der Waals surface area contributed by atoms with Crippen molar-refractivity contribution >= 4 is 11.4 Å². The van der Waals surface area contributed by atoms with Gasteiger partial charge in [-0.15, -0.1) is 0 Å². The van der Waals surface area contributed by atoms with Crippen LogP contribution in [0.15, 0.2) is 48.5 Å². The molecule has 0 saturated heterocycles. The molecule has 0 aromatic heterocycles. The van der Waals surface area contributed by atoms with E-state index in [1.807, 2.05) is 36.4 Å². The van der Waals surface area contributed by atoms with Gasteiger partial charge in [0.25, 0.3) is 0 Å². The van der Waals surface area contributed by atoms with E-state index >= 15 is 0 Å². The molecule has 3 heteroatoms. The van der Waals surface area contributed by atoms with Crippen LogP contribution < -0.4 is 15.4 Å². The molecule has 2 aromatic carbocycles. The van der Waals surface area contributed by atoms with Crippen LogP contribution in [0.4, 0.5) is 11.4 Å². The summed E-state index contributed by atoms with van der Waals surface area (Å²) >= 11 is 0. The van der Waals surface area contributed by atoms with E-state index in [1.165, 1.54) is 5.56 Å². The van der Waals surface area contributed by atoms with Gasteiger partial charge in [-0.3, -0.25) is 0 Å². The summed E-state index contributed by atoms with van der Waals surface area (Å²) in [7, 11) is 0. The van der Waals surface area contributed by atoms with Gasteiger partial charge in [-0.05, 0) is 29.8 Å². The first-order valence-corrected chi connectivity index (χ1v) is 6.14. The molecule has 0 atom stereocenters. The van der Waals surface area contributed by atoms with Crippen LogP contribution in [0.3, 0.4) is 0 Å². The standard InChI is InChI=1S/C15H16N2O/c16-13-5-3-4-12(10-13)11-17-8-9-18-15-7-2-1-6-14(15)17/h1-7,10H,8-9,11,16H2. The molecule has 0 radical (unpaired) electrons. The van der Waals surface area contributed by atoms with Gasteiger partial charge in [-0.2, -0.15) is 0 Å². The molecule has 0 bridgehead atoms. The molecular weight excluding hydrogens is 224 g/mol. The SMILES string of the molecule is Nc1cccc(CN2CCOc3ccccc32)c1. The number of anilines is 2. The van der Waals surface area contributed by atoms with Crippen LogP contribution in [-0.4, -0.2) is 13.2 Å². The minimum Gasteiger partial charge on any atom is -0.490 e. The van der Waals surface area contributed by atoms with Crippen LogP contribution in [0, 0.1) is 0 Å². The molecule has 3 rings (SSSR count). The minimum absolute atomic E-state index is 0.735. The van der Waals surface area contributed by atoms with Gasteiger partial charge in [0.15, 0.2) is 0 Å². The zero-order chi connectivity index (χ0) is 12.4. The smallest absolute Gasteiger partial charge is 0.142 e. The van der Waals surface area contributed by atoms with Gasteiger partial charge in [0.2, 0.25) is 0 Å². The van der Waals surface area contributed by atoms with Crippen molar-refractivity contribution < 1.29 is 4.74 Å². The number of nitrogens with two attached hydrogens (primary N) is 1. The van der Waals surface area contributed by atoms with Crippen LogP contribution in [0.25, 0.3) is 0 Å². The number of ether oxygens (including phenoxy) is 1. The van der Waals surface area contributed by atoms with Crippen LogP contribution in [0.2, 0.25) is 0 Å². The van der Waals surface area contributed by atoms with Gasteiger partial charge in [0, 0.05) is 12.2 Å². The average molecular weight is 240 g/mol. The number of hydrogen-bond acceptors (Lipinski definition) is 3. The highest BCUT2D eigenvalue weighted by atomic mass is 16.5. The molecule has 0 unspecified atom stereocenters. The van der Waals surface area contributed by atoms with Crippen LogP contribution in [-0.2, 0) is 6.54 Å². The van der Waals surface area contributed by atoms with E-state index in [-0.39, 0.29) is 0 Å². The van der Waals surface area contributed by atoms with E-state index in [4.69, 9.17) is 10.5 Å². The molecule has 18 heavy (non-hydrogen) atoms. The molecule has 1 aliphatic rings. The van der Waals surface area contributed by atoms with Gasteiger partial charge < -0.3 is 15.4 Å². The predicted octanol–water partition coefficient (Wildman–Crippen LogP) is 2.67. The quantitative estimate of drug-likeness (QED) is 0.820. The molecule has 0 spiro atoms. The summed E-state index contributed by atoms with van der Waals surface area (Å²) in [5.74, 6) is 0.965. The Labute approximate surface area is 107 Å². The highest BCUT2D eigenvalue weighted by Crippen LogP contribution is 2.31. The molecule has 0 amide bonds. The Bertz CT molecular complexity index is 554. The molecule has 2 N–H and O–H groups in total. The first-order valence-electron chi connectivity index (χ1n) is 6.14. The number of rotatable bonds is 2. The van der Waals surface area contributed by atoms with Crippen LogP contribution in [0.5, 0.6) is 5.75 Å². The molecule has 2 aromatic rings. The Balaban J connectivity index is 1.86. The fourth-order valence-corrected chi connectivity index (χ4v) is 2.30. The average Bonchev–Trinajstić information content (AvgIpc) is 2.39. The van der Waals surface area contributed by atoms with E-state index in [0.29, 0.717) is 0 Å². The molecule has 92 valence electrons. The fraction of sp³-hybridized carbons (Fsp3) is 0.200. The lowest BCUT2D eigenvalue weighted by Crippen LogP contribution is -2.32. The second kappa shape index (κ2) is 4.61. The highest BCUT2D eigenvalue weighted by Gasteiger charge is 2.17. The third kappa shape index (κ3) is 2.12. The Morgan fingerprint density at radius 3 is 2.89 bits per heavy atom. The topological polar surface area (TPSA) is 38.5 Å². The largest absolute Gasteiger partial charge is 0.490 e. The summed E-state index contributed by atoms with van der Waals surface area (Å²) < 4.78 is 5.65. The van der Waals surface area contributed by atoms with Gasteiger partial charge >= 0.3 is 0 Å². The lowest BCUT2D eigenvalue weighted by Gasteiger charge is -2.31. The summed E-state index contributed by atoms with van der Waals surface area (Å²) in [5, 5.41) is 0. The van der Waals surface area contributed by atoms with Gasteiger partial charge in [0.05, 0.1) is 12.2 Å². The van der Waals surface area contributed by atoms with Crippen molar-refractivity contribution in [3.8, 4) is 5.75 Å². The van der Waals surface area contributed by atoms with E-state index < -0.39 is 0 Å². The molecule has 3 nitrogen and oxygen atoms in total. The number of hydrogen-bond donors (Lipinski definition) is 1. The van der Waals surface area contributed by atoms with Crippen molar-refractivity contribution in [2.24, 2.45) is 0 Å². The monoisotopic (exact) mass is 240 g/mol. The maximum absolute atomic E-state index is 5.82. The Morgan fingerprint density at radius 1 is 1.11 bits per heavy atom. The van der Waals surface area contributed by atoms with Crippen LogP contribution >= 0.6 is 0 Å². The fourth-order valence-electron chi connectivity index (χ4n) is 2.30. The summed E-state index contributed by atoms with van der Waals surface area (Å²) in [6.45, 7) is 2.51.